The molecule has 3 atom stereocenters. The van der Waals surface area contributed by atoms with Crippen LogP contribution >= 0.6 is 11.6 Å². The number of benzene rings is 2. The number of carbonyl (C=O) groups is 1. The Hall–Kier alpha value is -1.88. The lowest BCUT2D eigenvalue weighted by Crippen LogP contribution is -2.59. The zero-order valence-corrected chi connectivity index (χ0v) is 17.8. The molecule has 2 saturated heterocycles. The summed E-state index contributed by atoms with van der Waals surface area (Å²) in [5, 5.41) is 0.632. The number of hydrogen-bond acceptors (Lipinski definition) is 3. The fourth-order valence-corrected chi connectivity index (χ4v) is 4.66. The molecule has 2 heterocycles. The van der Waals surface area contributed by atoms with Crippen molar-refractivity contribution >= 4 is 17.5 Å². The van der Waals surface area contributed by atoms with Crippen LogP contribution in [0.1, 0.15) is 42.3 Å². The molecule has 0 bridgehead atoms. The Morgan fingerprint density at radius 2 is 1.86 bits per heavy atom. The van der Waals surface area contributed by atoms with Crippen molar-refractivity contribution in [2.24, 2.45) is 11.8 Å². The highest BCUT2D eigenvalue weighted by Gasteiger charge is 2.47. The summed E-state index contributed by atoms with van der Waals surface area (Å²) in [5.41, 5.74) is 1.43. The predicted molar refractivity (Wildman–Crippen MR) is 114 cm³/mol. The lowest BCUT2D eigenvalue weighted by molar-refractivity contribution is -0.204. The Morgan fingerprint density at radius 1 is 1.14 bits per heavy atom. The van der Waals surface area contributed by atoms with Crippen LogP contribution in [0.25, 0.3) is 0 Å². The van der Waals surface area contributed by atoms with Crippen molar-refractivity contribution in [1.82, 2.24) is 4.90 Å². The van der Waals surface area contributed by atoms with E-state index >= 15 is 0 Å². The molecule has 2 aliphatic rings. The van der Waals surface area contributed by atoms with Gasteiger partial charge in [0.25, 0.3) is 5.91 Å². The number of morpholine rings is 1. The Bertz CT molecular complexity index is 839. The largest absolute Gasteiger partial charge is 0.370 e. The quantitative estimate of drug-likeness (QED) is 0.711. The fourth-order valence-electron chi connectivity index (χ4n) is 4.54. The van der Waals surface area contributed by atoms with Crippen molar-refractivity contribution in [3.63, 3.8) is 0 Å². The van der Waals surface area contributed by atoms with Gasteiger partial charge in [-0.25, -0.2) is 0 Å². The molecule has 0 aromatic heterocycles. The average molecular weight is 414 g/mol. The van der Waals surface area contributed by atoms with Gasteiger partial charge in [-0.1, -0.05) is 55.8 Å². The van der Waals surface area contributed by atoms with E-state index in [0.717, 1.165) is 6.42 Å². The van der Waals surface area contributed by atoms with E-state index < -0.39 is 5.60 Å². The van der Waals surface area contributed by atoms with E-state index in [1.807, 2.05) is 11.0 Å². The molecule has 2 aliphatic heterocycles. The van der Waals surface area contributed by atoms with E-state index in [4.69, 9.17) is 21.1 Å². The second kappa shape index (κ2) is 8.47. The van der Waals surface area contributed by atoms with Gasteiger partial charge in [0.05, 0.1) is 25.9 Å². The molecular formula is C24H28ClNO3. The van der Waals surface area contributed by atoms with E-state index in [1.54, 1.807) is 24.3 Å². The van der Waals surface area contributed by atoms with E-state index in [9.17, 15) is 4.79 Å². The number of rotatable bonds is 3. The monoisotopic (exact) mass is 413 g/mol. The van der Waals surface area contributed by atoms with Gasteiger partial charge in [0.2, 0.25) is 0 Å². The van der Waals surface area contributed by atoms with Crippen LogP contribution < -0.4 is 0 Å². The first-order valence-corrected chi connectivity index (χ1v) is 10.7. The molecule has 2 fully saturated rings. The van der Waals surface area contributed by atoms with Gasteiger partial charge in [0.15, 0.2) is 0 Å². The molecule has 2 aromatic rings. The van der Waals surface area contributed by atoms with Crippen LogP contribution in [-0.2, 0) is 9.47 Å². The lowest BCUT2D eigenvalue weighted by Gasteiger charge is -2.50. The van der Waals surface area contributed by atoms with Crippen LogP contribution in [0.3, 0.4) is 0 Å². The van der Waals surface area contributed by atoms with Gasteiger partial charge in [-0.05, 0) is 48.1 Å². The first-order valence-electron chi connectivity index (χ1n) is 10.3. The summed E-state index contributed by atoms with van der Waals surface area (Å²) in [7, 11) is 0. The number of ether oxygens (including phenoxy) is 2. The molecule has 0 radical (unpaired) electrons. The van der Waals surface area contributed by atoms with Gasteiger partial charge in [-0.3, -0.25) is 4.79 Å². The summed E-state index contributed by atoms with van der Waals surface area (Å²) < 4.78 is 12.7. The second-order valence-corrected chi connectivity index (χ2v) is 8.96. The third-order valence-electron chi connectivity index (χ3n) is 6.13. The first-order chi connectivity index (χ1) is 14.0. The highest BCUT2D eigenvalue weighted by Crippen LogP contribution is 2.44. The maximum atomic E-state index is 13.0. The molecule has 0 N–H and O–H groups in total. The van der Waals surface area contributed by atoms with Crippen molar-refractivity contribution in [2.75, 3.05) is 26.3 Å². The summed E-state index contributed by atoms with van der Waals surface area (Å²) in [4.78, 5) is 14.9. The normalized spacial score (nSPS) is 27.4. The molecule has 29 heavy (non-hydrogen) atoms. The predicted octanol–water partition coefficient (Wildman–Crippen LogP) is 4.99. The van der Waals surface area contributed by atoms with Gasteiger partial charge in [0, 0.05) is 17.1 Å². The standard InChI is InChI=1S/C24H28ClNO3/c1-17(2)21-14-24(16-28-22(21)18-6-4-3-5-7-18)15-26(12-13-29-24)23(27)19-8-10-20(25)11-9-19/h3-11,17,21-22H,12-16H2,1-2H3/t21-,22-,24-/m0/s1. The topological polar surface area (TPSA) is 38.8 Å². The molecule has 2 aromatic carbocycles. The molecule has 4 nitrogen and oxygen atoms in total. The average Bonchev–Trinajstić information content (AvgIpc) is 2.74. The van der Waals surface area contributed by atoms with E-state index in [-0.39, 0.29) is 12.0 Å². The summed E-state index contributed by atoms with van der Waals surface area (Å²) in [6, 6.07) is 17.5. The zero-order chi connectivity index (χ0) is 20.4. The number of hydrogen-bond donors (Lipinski definition) is 0. The molecule has 154 valence electrons. The van der Waals surface area contributed by atoms with E-state index in [2.05, 4.69) is 38.1 Å². The van der Waals surface area contributed by atoms with Crippen LogP contribution in [0.4, 0.5) is 0 Å². The highest BCUT2D eigenvalue weighted by molar-refractivity contribution is 6.30. The minimum Gasteiger partial charge on any atom is -0.370 e. The molecule has 0 saturated carbocycles. The molecule has 4 rings (SSSR count). The summed E-state index contributed by atoms with van der Waals surface area (Å²) in [5.74, 6) is 0.802. The number of nitrogens with zero attached hydrogens (tertiary/aromatic N) is 1. The molecule has 5 heteroatoms. The Labute approximate surface area is 177 Å². The number of carbonyl (C=O) groups excluding carboxylic acids is 1. The zero-order valence-electron chi connectivity index (χ0n) is 17.0. The van der Waals surface area contributed by atoms with Gasteiger partial charge in [0.1, 0.15) is 5.60 Å². The third kappa shape index (κ3) is 4.35. The molecule has 1 amide bonds. The van der Waals surface area contributed by atoms with E-state index in [0.29, 0.717) is 48.7 Å². The fraction of sp³-hybridized carbons (Fsp3) is 0.458. The Balaban J connectivity index is 1.52. The van der Waals surface area contributed by atoms with Crippen molar-refractivity contribution in [3.05, 3.63) is 70.7 Å². The molecule has 0 unspecified atom stereocenters. The Morgan fingerprint density at radius 3 is 2.55 bits per heavy atom. The van der Waals surface area contributed by atoms with Gasteiger partial charge in [-0.2, -0.15) is 0 Å². The van der Waals surface area contributed by atoms with Crippen molar-refractivity contribution in [2.45, 2.75) is 32.0 Å². The van der Waals surface area contributed by atoms with Crippen molar-refractivity contribution < 1.29 is 14.3 Å². The summed E-state index contributed by atoms with van der Waals surface area (Å²) in [6.45, 7) is 6.66. The highest BCUT2D eigenvalue weighted by atomic mass is 35.5. The number of halogens is 1. The molecule has 0 aliphatic carbocycles. The SMILES string of the molecule is CC(C)[C@@H]1C[C@@]2(CO[C@H]1c1ccccc1)CN(C(=O)c1ccc(Cl)cc1)CCO2. The smallest absolute Gasteiger partial charge is 0.254 e. The number of amides is 1. The Kier molecular flexibility index (Phi) is 5.95. The van der Waals surface area contributed by atoms with Crippen LogP contribution in [0.5, 0.6) is 0 Å². The van der Waals surface area contributed by atoms with Gasteiger partial charge >= 0.3 is 0 Å². The van der Waals surface area contributed by atoms with Crippen LogP contribution in [0.15, 0.2) is 54.6 Å². The molecular weight excluding hydrogens is 386 g/mol. The lowest BCUT2D eigenvalue weighted by atomic mass is 9.75. The van der Waals surface area contributed by atoms with Crippen molar-refractivity contribution in [1.29, 1.82) is 0 Å². The van der Waals surface area contributed by atoms with E-state index in [1.165, 1.54) is 5.56 Å². The van der Waals surface area contributed by atoms with Gasteiger partial charge < -0.3 is 14.4 Å². The molecule has 1 spiro atoms. The maximum Gasteiger partial charge on any atom is 0.254 e. The third-order valence-corrected chi connectivity index (χ3v) is 6.39. The van der Waals surface area contributed by atoms with Crippen LogP contribution in [0, 0.1) is 11.8 Å². The summed E-state index contributed by atoms with van der Waals surface area (Å²) >= 11 is 5.97. The minimum atomic E-state index is -0.444. The van der Waals surface area contributed by atoms with Crippen LogP contribution in [-0.4, -0.2) is 42.7 Å². The second-order valence-electron chi connectivity index (χ2n) is 8.52. The first kappa shape index (κ1) is 20.4. The maximum absolute atomic E-state index is 13.0. The minimum absolute atomic E-state index is 0.0237. The summed E-state index contributed by atoms with van der Waals surface area (Å²) in [6.07, 6.45) is 0.946. The van der Waals surface area contributed by atoms with Gasteiger partial charge in [-0.15, -0.1) is 0 Å². The van der Waals surface area contributed by atoms with Crippen molar-refractivity contribution in [3.8, 4) is 0 Å². The van der Waals surface area contributed by atoms with Crippen LogP contribution in [0.2, 0.25) is 5.02 Å².